The molecule has 1 amide bonds. The molecule has 0 radical (unpaired) electrons. The third kappa shape index (κ3) is 5.85. The molecule has 0 bridgehead atoms. The highest BCUT2D eigenvalue weighted by atomic mass is 32.2. The Hall–Kier alpha value is -3.33. The molecule has 0 saturated carbocycles. The van der Waals surface area contributed by atoms with Gasteiger partial charge in [0.15, 0.2) is 11.5 Å². The van der Waals surface area contributed by atoms with Gasteiger partial charge in [0.1, 0.15) is 11.6 Å². The SMILES string of the molecule is CCS(=O)(=O)Oc1cc(CN(Cc2ccco2)C(=O)c2cccc(F)c2)ccc1OC. The predicted octanol–water partition coefficient (Wildman–Crippen LogP) is 4.00. The minimum Gasteiger partial charge on any atom is -0.493 e. The molecule has 0 N–H and O–H groups in total. The Morgan fingerprint density at radius 1 is 1.06 bits per heavy atom. The van der Waals surface area contributed by atoms with E-state index in [1.54, 1.807) is 24.3 Å². The lowest BCUT2D eigenvalue weighted by Crippen LogP contribution is -2.30. The largest absolute Gasteiger partial charge is 0.493 e. The molecule has 0 aliphatic carbocycles. The highest BCUT2D eigenvalue weighted by molar-refractivity contribution is 7.87. The van der Waals surface area contributed by atoms with E-state index in [1.165, 1.54) is 49.5 Å². The zero-order valence-corrected chi connectivity index (χ0v) is 17.9. The van der Waals surface area contributed by atoms with E-state index in [0.29, 0.717) is 11.3 Å². The summed E-state index contributed by atoms with van der Waals surface area (Å²) in [6, 6.07) is 13.6. The van der Waals surface area contributed by atoms with Crippen LogP contribution in [0.2, 0.25) is 0 Å². The summed E-state index contributed by atoms with van der Waals surface area (Å²) in [5, 5.41) is 0. The second-order valence-electron chi connectivity index (χ2n) is 6.67. The number of ether oxygens (including phenoxy) is 1. The van der Waals surface area contributed by atoms with Crippen LogP contribution in [0.5, 0.6) is 11.5 Å². The van der Waals surface area contributed by atoms with Crippen LogP contribution in [0.25, 0.3) is 0 Å². The molecule has 0 fully saturated rings. The van der Waals surface area contributed by atoms with Crippen molar-refractivity contribution in [3.8, 4) is 11.5 Å². The maximum atomic E-state index is 13.6. The topological polar surface area (TPSA) is 86.1 Å². The van der Waals surface area contributed by atoms with Crippen LogP contribution >= 0.6 is 0 Å². The summed E-state index contributed by atoms with van der Waals surface area (Å²) >= 11 is 0. The van der Waals surface area contributed by atoms with Crippen LogP contribution < -0.4 is 8.92 Å². The number of carbonyl (C=O) groups is 1. The Morgan fingerprint density at radius 2 is 1.87 bits per heavy atom. The van der Waals surface area contributed by atoms with Crippen molar-refractivity contribution in [3.05, 3.63) is 83.6 Å². The molecule has 2 aromatic carbocycles. The van der Waals surface area contributed by atoms with E-state index >= 15 is 0 Å². The lowest BCUT2D eigenvalue weighted by molar-refractivity contribution is 0.0717. The Labute approximate surface area is 180 Å². The molecule has 0 unspecified atom stereocenters. The van der Waals surface area contributed by atoms with Crippen LogP contribution in [-0.2, 0) is 23.2 Å². The molecule has 9 heteroatoms. The smallest absolute Gasteiger partial charge is 0.309 e. The standard InChI is InChI=1S/C22H22FNO6S/c1-3-31(26,27)30-21-12-16(9-10-20(21)28-2)14-24(15-19-8-5-11-29-19)22(25)17-6-4-7-18(23)13-17/h4-13H,3,14-15H2,1-2H3. The Balaban J connectivity index is 1.92. The first-order chi connectivity index (χ1) is 14.8. The highest BCUT2D eigenvalue weighted by Crippen LogP contribution is 2.30. The second kappa shape index (κ2) is 9.65. The number of rotatable bonds is 9. The van der Waals surface area contributed by atoms with Gasteiger partial charge in [-0.15, -0.1) is 0 Å². The monoisotopic (exact) mass is 447 g/mol. The summed E-state index contributed by atoms with van der Waals surface area (Å²) in [7, 11) is -2.37. The maximum absolute atomic E-state index is 13.6. The quantitative estimate of drug-likeness (QED) is 0.461. The molecule has 0 spiro atoms. The van der Waals surface area contributed by atoms with Gasteiger partial charge in [-0.2, -0.15) is 8.42 Å². The van der Waals surface area contributed by atoms with Crippen LogP contribution in [0.15, 0.2) is 65.3 Å². The molecule has 164 valence electrons. The first-order valence-corrected chi connectivity index (χ1v) is 11.1. The second-order valence-corrected chi connectivity index (χ2v) is 8.53. The maximum Gasteiger partial charge on any atom is 0.309 e. The van der Waals surface area contributed by atoms with Crippen molar-refractivity contribution in [2.45, 2.75) is 20.0 Å². The number of amides is 1. The highest BCUT2D eigenvalue weighted by Gasteiger charge is 2.20. The van der Waals surface area contributed by atoms with Gasteiger partial charge in [0, 0.05) is 12.1 Å². The normalized spacial score (nSPS) is 11.2. The number of hydrogen-bond acceptors (Lipinski definition) is 6. The van der Waals surface area contributed by atoms with Crippen molar-refractivity contribution in [1.29, 1.82) is 0 Å². The van der Waals surface area contributed by atoms with Crippen LogP contribution in [-0.4, -0.2) is 32.1 Å². The summed E-state index contributed by atoms with van der Waals surface area (Å²) in [6.45, 7) is 1.70. The minimum atomic E-state index is -3.77. The molecule has 0 atom stereocenters. The summed E-state index contributed by atoms with van der Waals surface area (Å²) < 4.78 is 53.2. The molecule has 0 saturated heterocycles. The molecule has 1 aromatic heterocycles. The van der Waals surface area contributed by atoms with Gasteiger partial charge in [0.05, 0.1) is 25.7 Å². The Morgan fingerprint density at radius 3 is 2.52 bits per heavy atom. The number of halogens is 1. The molecular weight excluding hydrogens is 425 g/mol. The van der Waals surface area contributed by atoms with Gasteiger partial charge in [-0.3, -0.25) is 4.79 Å². The zero-order valence-electron chi connectivity index (χ0n) is 17.1. The van der Waals surface area contributed by atoms with Gasteiger partial charge in [-0.1, -0.05) is 12.1 Å². The van der Waals surface area contributed by atoms with Crippen LogP contribution in [0.1, 0.15) is 28.6 Å². The van der Waals surface area contributed by atoms with Gasteiger partial charge >= 0.3 is 10.1 Å². The number of carbonyl (C=O) groups excluding carboxylic acids is 1. The van der Waals surface area contributed by atoms with Crippen molar-refractivity contribution in [2.75, 3.05) is 12.9 Å². The van der Waals surface area contributed by atoms with Gasteiger partial charge in [0.25, 0.3) is 5.91 Å². The fraction of sp³-hybridized carbons (Fsp3) is 0.227. The van der Waals surface area contributed by atoms with E-state index in [0.717, 1.165) is 6.07 Å². The van der Waals surface area contributed by atoms with E-state index in [-0.39, 0.29) is 35.9 Å². The van der Waals surface area contributed by atoms with Crippen molar-refractivity contribution >= 4 is 16.0 Å². The lowest BCUT2D eigenvalue weighted by atomic mass is 10.1. The van der Waals surface area contributed by atoms with E-state index in [2.05, 4.69) is 0 Å². The zero-order chi connectivity index (χ0) is 22.4. The average Bonchev–Trinajstić information content (AvgIpc) is 3.26. The molecule has 3 rings (SSSR count). The number of nitrogens with zero attached hydrogens (tertiary/aromatic N) is 1. The van der Waals surface area contributed by atoms with Crippen LogP contribution in [0.3, 0.4) is 0 Å². The van der Waals surface area contributed by atoms with Gasteiger partial charge < -0.3 is 18.2 Å². The molecule has 0 aliphatic rings. The van der Waals surface area contributed by atoms with Gasteiger partial charge in [0.2, 0.25) is 0 Å². The number of hydrogen-bond donors (Lipinski definition) is 0. The molecule has 3 aromatic rings. The molecule has 0 aliphatic heterocycles. The van der Waals surface area contributed by atoms with Crippen LogP contribution in [0, 0.1) is 5.82 Å². The fourth-order valence-electron chi connectivity index (χ4n) is 2.89. The lowest BCUT2D eigenvalue weighted by Gasteiger charge is -2.22. The van der Waals surface area contributed by atoms with Crippen molar-refractivity contribution < 1.29 is 30.9 Å². The molecular formula is C22H22FNO6S. The van der Waals surface area contributed by atoms with Crippen molar-refractivity contribution in [2.24, 2.45) is 0 Å². The third-order valence-corrected chi connectivity index (χ3v) is 5.60. The third-order valence-electron chi connectivity index (χ3n) is 4.46. The number of methoxy groups -OCH3 is 1. The summed E-state index contributed by atoms with van der Waals surface area (Å²) in [4.78, 5) is 14.5. The van der Waals surface area contributed by atoms with E-state index in [4.69, 9.17) is 13.3 Å². The molecule has 1 heterocycles. The van der Waals surface area contributed by atoms with Crippen molar-refractivity contribution in [1.82, 2.24) is 4.90 Å². The Bertz CT molecular complexity index is 1140. The first kappa shape index (κ1) is 22.4. The van der Waals surface area contributed by atoms with E-state index < -0.39 is 21.8 Å². The van der Waals surface area contributed by atoms with Gasteiger partial charge in [-0.25, -0.2) is 4.39 Å². The molecule has 31 heavy (non-hydrogen) atoms. The summed E-state index contributed by atoms with van der Waals surface area (Å²) in [5.41, 5.74) is 0.781. The number of benzene rings is 2. The fourth-order valence-corrected chi connectivity index (χ4v) is 3.42. The van der Waals surface area contributed by atoms with Crippen LogP contribution in [0.4, 0.5) is 4.39 Å². The molecule has 7 nitrogen and oxygen atoms in total. The predicted molar refractivity (Wildman–Crippen MR) is 112 cm³/mol. The van der Waals surface area contributed by atoms with Crippen molar-refractivity contribution in [3.63, 3.8) is 0 Å². The van der Waals surface area contributed by atoms with Gasteiger partial charge in [-0.05, 0) is 55.0 Å². The summed E-state index contributed by atoms with van der Waals surface area (Å²) in [5.74, 6) is -0.316. The number of furan rings is 1. The first-order valence-electron chi connectivity index (χ1n) is 9.47. The Kier molecular flexibility index (Phi) is 6.96. The minimum absolute atomic E-state index is 0.0259. The van der Waals surface area contributed by atoms with E-state index in [9.17, 15) is 17.6 Å². The van der Waals surface area contributed by atoms with E-state index in [1.807, 2.05) is 0 Å². The summed E-state index contributed by atoms with van der Waals surface area (Å²) in [6.07, 6.45) is 1.50. The average molecular weight is 447 g/mol.